The molecular weight excluding hydrogens is 340 g/mol. The number of anilines is 2. The molecule has 0 radical (unpaired) electrons. The molecule has 2 aromatic rings. The van der Waals surface area contributed by atoms with Crippen molar-refractivity contribution >= 4 is 27.3 Å². The molecule has 0 heterocycles. The topological polar surface area (TPSA) is 99.6 Å². The standard InChI is InChI=1S/C10H10N2.C7H5BrN2/c11-6-8-5-9(12)3-4-10(8)7-1-2-7;8-7-2-1-6(10)3-5(7)4-9/h3-5,7H,1-2,12H2;1-3H,10H2. The summed E-state index contributed by atoms with van der Waals surface area (Å²) in [7, 11) is 0. The molecule has 1 aliphatic rings. The number of halogens is 1. The summed E-state index contributed by atoms with van der Waals surface area (Å²) in [5, 5.41) is 17.3. The normalized spacial score (nSPS) is 12.5. The Kier molecular flexibility index (Phi) is 5.04. The fourth-order valence-corrected chi connectivity index (χ4v) is 2.38. The van der Waals surface area contributed by atoms with Crippen molar-refractivity contribution in [3.05, 3.63) is 57.6 Å². The average Bonchev–Trinajstić information content (AvgIpc) is 3.35. The number of nitrogens with two attached hydrogens (primary N) is 2. The maximum atomic E-state index is 8.81. The molecule has 5 heteroatoms. The van der Waals surface area contributed by atoms with Gasteiger partial charge in [0.1, 0.15) is 6.07 Å². The molecule has 0 bridgehead atoms. The van der Waals surface area contributed by atoms with Crippen molar-refractivity contribution in [3.8, 4) is 12.1 Å². The van der Waals surface area contributed by atoms with Gasteiger partial charge in [0.15, 0.2) is 0 Å². The van der Waals surface area contributed by atoms with Gasteiger partial charge in [-0.05, 0) is 70.6 Å². The highest BCUT2D eigenvalue weighted by Gasteiger charge is 2.25. The zero-order chi connectivity index (χ0) is 16.1. The highest BCUT2D eigenvalue weighted by Crippen LogP contribution is 2.41. The van der Waals surface area contributed by atoms with E-state index in [4.69, 9.17) is 22.0 Å². The lowest BCUT2D eigenvalue weighted by molar-refractivity contribution is 1.12. The highest BCUT2D eigenvalue weighted by molar-refractivity contribution is 9.10. The first-order valence-corrected chi connectivity index (χ1v) is 7.59. The van der Waals surface area contributed by atoms with Gasteiger partial charge in [-0.15, -0.1) is 0 Å². The third-order valence-electron chi connectivity index (χ3n) is 3.33. The van der Waals surface area contributed by atoms with E-state index in [0.29, 0.717) is 22.9 Å². The van der Waals surface area contributed by atoms with Gasteiger partial charge in [-0.25, -0.2) is 0 Å². The first-order chi connectivity index (χ1) is 10.5. The minimum atomic E-state index is 0.569. The lowest BCUT2D eigenvalue weighted by Gasteiger charge is -2.01. The van der Waals surface area contributed by atoms with Gasteiger partial charge >= 0.3 is 0 Å². The smallest absolute Gasteiger partial charge is 0.100 e. The van der Waals surface area contributed by atoms with Gasteiger partial charge < -0.3 is 11.5 Å². The first kappa shape index (κ1) is 15.9. The lowest BCUT2D eigenvalue weighted by atomic mass is 10.0. The van der Waals surface area contributed by atoms with Crippen LogP contribution in [0.1, 0.15) is 35.4 Å². The van der Waals surface area contributed by atoms with Crippen molar-refractivity contribution in [2.75, 3.05) is 11.5 Å². The Hall–Kier alpha value is -2.50. The largest absolute Gasteiger partial charge is 0.399 e. The zero-order valence-electron chi connectivity index (χ0n) is 11.9. The van der Waals surface area contributed by atoms with Crippen LogP contribution < -0.4 is 11.5 Å². The van der Waals surface area contributed by atoms with Crippen LogP contribution in [0.4, 0.5) is 11.4 Å². The summed E-state index contributed by atoms with van der Waals surface area (Å²) in [6.07, 6.45) is 2.44. The van der Waals surface area contributed by atoms with E-state index in [1.54, 1.807) is 24.3 Å². The number of hydrogen-bond donors (Lipinski definition) is 2. The summed E-state index contributed by atoms with van der Waals surface area (Å²) >= 11 is 3.21. The Labute approximate surface area is 138 Å². The molecular formula is C17H15BrN4. The van der Waals surface area contributed by atoms with Gasteiger partial charge in [0.25, 0.3) is 0 Å². The molecule has 4 nitrogen and oxygen atoms in total. The molecule has 1 saturated carbocycles. The third kappa shape index (κ3) is 4.00. The Morgan fingerprint density at radius 2 is 1.45 bits per heavy atom. The molecule has 22 heavy (non-hydrogen) atoms. The van der Waals surface area contributed by atoms with Crippen molar-refractivity contribution < 1.29 is 0 Å². The van der Waals surface area contributed by atoms with E-state index in [2.05, 4.69) is 22.0 Å². The molecule has 3 rings (SSSR count). The molecule has 0 aliphatic heterocycles. The van der Waals surface area contributed by atoms with Crippen LogP contribution >= 0.6 is 15.9 Å². The molecule has 0 atom stereocenters. The highest BCUT2D eigenvalue weighted by atomic mass is 79.9. The zero-order valence-corrected chi connectivity index (χ0v) is 13.5. The quantitative estimate of drug-likeness (QED) is 0.757. The number of hydrogen-bond acceptors (Lipinski definition) is 4. The second-order valence-electron chi connectivity index (χ2n) is 5.08. The number of nitriles is 2. The predicted octanol–water partition coefficient (Wildman–Crippen LogP) is 3.92. The van der Waals surface area contributed by atoms with Crippen molar-refractivity contribution in [3.63, 3.8) is 0 Å². The molecule has 0 amide bonds. The van der Waals surface area contributed by atoms with E-state index in [1.807, 2.05) is 18.2 Å². The van der Waals surface area contributed by atoms with Crippen molar-refractivity contribution in [1.82, 2.24) is 0 Å². The van der Waals surface area contributed by atoms with E-state index in [-0.39, 0.29) is 0 Å². The summed E-state index contributed by atoms with van der Waals surface area (Å²) in [5.74, 6) is 0.625. The number of nitrogen functional groups attached to an aromatic ring is 2. The molecule has 0 aromatic heterocycles. The van der Waals surface area contributed by atoms with E-state index < -0.39 is 0 Å². The maximum Gasteiger partial charge on any atom is 0.100 e. The van der Waals surface area contributed by atoms with E-state index in [1.165, 1.54) is 18.4 Å². The van der Waals surface area contributed by atoms with Crippen LogP contribution in [-0.4, -0.2) is 0 Å². The Morgan fingerprint density at radius 3 is 1.95 bits per heavy atom. The number of benzene rings is 2. The van der Waals surface area contributed by atoms with Crippen LogP contribution in [0, 0.1) is 22.7 Å². The second kappa shape index (κ2) is 6.98. The van der Waals surface area contributed by atoms with Gasteiger partial charge in [-0.2, -0.15) is 10.5 Å². The van der Waals surface area contributed by atoms with E-state index in [0.717, 1.165) is 10.0 Å². The van der Waals surface area contributed by atoms with Gasteiger partial charge in [-0.3, -0.25) is 0 Å². The fourth-order valence-electron chi connectivity index (χ4n) is 2.05. The Morgan fingerprint density at radius 1 is 0.909 bits per heavy atom. The fraction of sp³-hybridized carbons (Fsp3) is 0.176. The van der Waals surface area contributed by atoms with Gasteiger partial charge in [-0.1, -0.05) is 6.07 Å². The summed E-state index contributed by atoms with van der Waals surface area (Å²) in [6.45, 7) is 0. The van der Waals surface area contributed by atoms with Crippen LogP contribution in [0.25, 0.3) is 0 Å². The van der Waals surface area contributed by atoms with Crippen LogP contribution in [0.15, 0.2) is 40.9 Å². The molecule has 2 aromatic carbocycles. The van der Waals surface area contributed by atoms with Crippen LogP contribution in [0.3, 0.4) is 0 Å². The van der Waals surface area contributed by atoms with Crippen molar-refractivity contribution in [2.45, 2.75) is 18.8 Å². The summed E-state index contributed by atoms with van der Waals surface area (Å²) in [5.41, 5.74) is 14.8. The average molecular weight is 355 g/mol. The van der Waals surface area contributed by atoms with Crippen molar-refractivity contribution in [2.24, 2.45) is 0 Å². The SMILES string of the molecule is N#Cc1cc(N)ccc1Br.N#Cc1cc(N)ccc1C1CC1. The molecule has 110 valence electrons. The van der Waals surface area contributed by atoms with E-state index in [9.17, 15) is 0 Å². The first-order valence-electron chi connectivity index (χ1n) is 6.79. The Bertz CT molecular complexity index is 767. The summed E-state index contributed by atoms with van der Waals surface area (Å²) < 4.78 is 0.782. The number of nitrogens with zero attached hydrogens (tertiary/aromatic N) is 2. The molecule has 0 spiro atoms. The summed E-state index contributed by atoms with van der Waals surface area (Å²) in [6, 6.07) is 14.9. The van der Waals surface area contributed by atoms with Crippen LogP contribution in [0.2, 0.25) is 0 Å². The second-order valence-corrected chi connectivity index (χ2v) is 5.94. The Balaban J connectivity index is 0.000000164. The monoisotopic (exact) mass is 354 g/mol. The molecule has 1 aliphatic carbocycles. The third-order valence-corrected chi connectivity index (χ3v) is 4.02. The molecule has 0 saturated heterocycles. The van der Waals surface area contributed by atoms with Gasteiger partial charge in [0.2, 0.25) is 0 Å². The lowest BCUT2D eigenvalue weighted by Crippen LogP contribution is -1.90. The van der Waals surface area contributed by atoms with Crippen LogP contribution in [0.5, 0.6) is 0 Å². The number of rotatable bonds is 1. The minimum absolute atomic E-state index is 0.569. The molecule has 0 unspecified atom stereocenters. The van der Waals surface area contributed by atoms with Gasteiger partial charge in [0.05, 0.1) is 17.2 Å². The predicted molar refractivity (Wildman–Crippen MR) is 90.8 cm³/mol. The maximum absolute atomic E-state index is 8.81. The summed E-state index contributed by atoms with van der Waals surface area (Å²) in [4.78, 5) is 0. The van der Waals surface area contributed by atoms with Crippen LogP contribution in [-0.2, 0) is 0 Å². The van der Waals surface area contributed by atoms with E-state index >= 15 is 0 Å². The minimum Gasteiger partial charge on any atom is -0.399 e. The van der Waals surface area contributed by atoms with Gasteiger partial charge in [0, 0.05) is 15.8 Å². The van der Waals surface area contributed by atoms with Crippen molar-refractivity contribution in [1.29, 1.82) is 10.5 Å². The molecule has 4 N–H and O–H groups in total. The molecule has 1 fully saturated rings.